The molecule has 0 aliphatic rings. The maximum Gasteiger partial charge on any atom is 0.128 e. The van der Waals surface area contributed by atoms with Gasteiger partial charge in [0.1, 0.15) is 11.5 Å². The van der Waals surface area contributed by atoms with Gasteiger partial charge in [-0.05, 0) is 17.5 Å². The number of rotatable bonds is 3. The summed E-state index contributed by atoms with van der Waals surface area (Å²) < 4.78 is 11.0. The van der Waals surface area contributed by atoms with E-state index < -0.39 is 0 Å². The minimum absolute atomic E-state index is 0.000766. The van der Waals surface area contributed by atoms with Crippen LogP contribution in [0.25, 0.3) is 11.3 Å². The first-order valence-electron chi connectivity index (χ1n) is 6.12. The average molecular weight is 277 g/mol. The molecule has 2 rings (SSSR count). The summed E-state index contributed by atoms with van der Waals surface area (Å²) in [6.45, 7) is 6.48. The van der Waals surface area contributed by atoms with Gasteiger partial charge in [0.25, 0.3) is 0 Å². The zero-order valence-corrected chi connectivity index (χ0v) is 12.8. The average Bonchev–Trinajstić information content (AvgIpc) is 2.89. The van der Waals surface area contributed by atoms with Crippen LogP contribution < -0.4 is 9.47 Å². The van der Waals surface area contributed by atoms with Gasteiger partial charge >= 0.3 is 0 Å². The molecule has 0 aliphatic heterocycles. The molecule has 19 heavy (non-hydrogen) atoms. The summed E-state index contributed by atoms with van der Waals surface area (Å²) in [6.07, 6.45) is 0. The normalized spacial score (nSPS) is 11.4. The van der Waals surface area contributed by atoms with E-state index in [1.165, 1.54) is 0 Å². The summed E-state index contributed by atoms with van der Waals surface area (Å²) in [4.78, 5) is 4.35. The number of aromatic nitrogens is 1. The van der Waals surface area contributed by atoms with Crippen molar-refractivity contribution < 1.29 is 9.47 Å². The molecule has 0 fully saturated rings. The molecule has 0 amide bonds. The second kappa shape index (κ2) is 5.21. The second-order valence-corrected chi connectivity index (χ2v) is 6.10. The van der Waals surface area contributed by atoms with Gasteiger partial charge in [0.05, 0.1) is 25.4 Å². The van der Waals surface area contributed by atoms with E-state index in [2.05, 4.69) is 25.8 Å². The molecule has 2 aromatic rings. The smallest absolute Gasteiger partial charge is 0.128 e. The number of hydrogen-bond acceptors (Lipinski definition) is 4. The lowest BCUT2D eigenvalue weighted by molar-refractivity contribution is 0.389. The zero-order valence-electron chi connectivity index (χ0n) is 12.0. The minimum Gasteiger partial charge on any atom is -0.496 e. The maximum atomic E-state index is 5.53. The second-order valence-electron chi connectivity index (χ2n) is 5.38. The summed E-state index contributed by atoms with van der Waals surface area (Å²) >= 11 is 1.57. The lowest BCUT2D eigenvalue weighted by Gasteiger charge is -2.23. The summed E-state index contributed by atoms with van der Waals surface area (Å²) in [5.41, 5.74) is 4.83. The van der Waals surface area contributed by atoms with E-state index in [4.69, 9.17) is 9.47 Å². The molecule has 3 nitrogen and oxygen atoms in total. The van der Waals surface area contributed by atoms with E-state index in [9.17, 15) is 0 Å². The van der Waals surface area contributed by atoms with Gasteiger partial charge in [0.2, 0.25) is 0 Å². The number of hydrogen-bond donors (Lipinski definition) is 0. The van der Waals surface area contributed by atoms with Crippen molar-refractivity contribution in [2.45, 2.75) is 26.2 Å². The van der Waals surface area contributed by atoms with Crippen molar-refractivity contribution in [3.05, 3.63) is 28.6 Å². The van der Waals surface area contributed by atoms with Crippen LogP contribution in [0.5, 0.6) is 11.5 Å². The summed E-state index contributed by atoms with van der Waals surface area (Å²) in [5.74, 6) is 1.70. The van der Waals surface area contributed by atoms with E-state index in [1.54, 1.807) is 25.6 Å². The van der Waals surface area contributed by atoms with Gasteiger partial charge in [-0.1, -0.05) is 20.8 Å². The number of nitrogens with zero attached hydrogens (tertiary/aromatic N) is 1. The van der Waals surface area contributed by atoms with Gasteiger partial charge in [-0.3, -0.25) is 0 Å². The monoisotopic (exact) mass is 277 g/mol. The van der Waals surface area contributed by atoms with Crippen LogP contribution in [0.1, 0.15) is 26.3 Å². The molecule has 0 aliphatic carbocycles. The van der Waals surface area contributed by atoms with Crippen LogP contribution in [0.4, 0.5) is 0 Å². The van der Waals surface area contributed by atoms with E-state index in [1.807, 2.05) is 23.0 Å². The number of methoxy groups -OCH3 is 2. The molecule has 0 N–H and O–H groups in total. The summed E-state index contributed by atoms with van der Waals surface area (Å²) in [6, 6.07) is 4.06. The first-order valence-corrected chi connectivity index (χ1v) is 7.06. The third-order valence-corrected chi connectivity index (χ3v) is 3.62. The van der Waals surface area contributed by atoms with Crippen molar-refractivity contribution in [1.82, 2.24) is 4.98 Å². The SMILES string of the molecule is COc1cc(C(C)(C)C)c(OC)cc1-c1cscn1. The first kappa shape index (κ1) is 13.9. The predicted molar refractivity (Wildman–Crippen MR) is 79.4 cm³/mol. The molecule has 0 saturated heterocycles. The Hall–Kier alpha value is -1.55. The standard InChI is InChI=1S/C15H19NO2S/c1-15(2,3)11-7-13(17-4)10(6-14(11)18-5)12-8-19-9-16-12/h6-9H,1-5H3. The molecule has 1 heterocycles. The topological polar surface area (TPSA) is 31.4 Å². The Morgan fingerprint density at radius 2 is 1.74 bits per heavy atom. The van der Waals surface area contributed by atoms with E-state index in [0.717, 1.165) is 28.3 Å². The fraction of sp³-hybridized carbons (Fsp3) is 0.400. The highest BCUT2D eigenvalue weighted by Gasteiger charge is 2.22. The van der Waals surface area contributed by atoms with Crippen molar-refractivity contribution in [2.24, 2.45) is 0 Å². The van der Waals surface area contributed by atoms with Gasteiger partial charge in [0, 0.05) is 16.5 Å². The van der Waals surface area contributed by atoms with E-state index >= 15 is 0 Å². The third-order valence-electron chi connectivity index (χ3n) is 3.04. The molecule has 0 spiro atoms. The van der Waals surface area contributed by atoms with Crippen molar-refractivity contribution in [2.75, 3.05) is 14.2 Å². The summed E-state index contributed by atoms with van der Waals surface area (Å²) in [7, 11) is 3.38. The quantitative estimate of drug-likeness (QED) is 0.845. The van der Waals surface area contributed by atoms with Gasteiger partial charge in [-0.25, -0.2) is 4.98 Å². The lowest BCUT2D eigenvalue weighted by Crippen LogP contribution is -2.13. The first-order chi connectivity index (χ1) is 8.97. The Labute approximate surface area is 118 Å². The van der Waals surface area contributed by atoms with Crippen LogP contribution >= 0.6 is 11.3 Å². The number of thiazole rings is 1. The van der Waals surface area contributed by atoms with Crippen LogP contribution in [-0.2, 0) is 5.41 Å². The molecular weight excluding hydrogens is 258 g/mol. The Bertz CT molecular complexity index is 556. The highest BCUT2D eigenvalue weighted by Crippen LogP contribution is 2.40. The molecule has 0 saturated carbocycles. The van der Waals surface area contributed by atoms with Gasteiger partial charge in [-0.2, -0.15) is 0 Å². The molecular formula is C15H19NO2S. The Kier molecular flexibility index (Phi) is 3.80. The molecule has 0 bridgehead atoms. The highest BCUT2D eigenvalue weighted by molar-refractivity contribution is 7.07. The lowest BCUT2D eigenvalue weighted by atomic mass is 9.85. The van der Waals surface area contributed by atoms with Crippen molar-refractivity contribution in [3.63, 3.8) is 0 Å². The Morgan fingerprint density at radius 1 is 1.05 bits per heavy atom. The van der Waals surface area contributed by atoms with Gasteiger partial charge in [-0.15, -0.1) is 11.3 Å². The van der Waals surface area contributed by atoms with Gasteiger partial charge < -0.3 is 9.47 Å². The summed E-state index contributed by atoms with van der Waals surface area (Å²) in [5, 5.41) is 2.01. The molecule has 0 unspecified atom stereocenters. The molecule has 0 radical (unpaired) electrons. The van der Waals surface area contributed by atoms with Crippen LogP contribution in [0.15, 0.2) is 23.0 Å². The number of ether oxygens (including phenoxy) is 2. The molecule has 4 heteroatoms. The van der Waals surface area contributed by atoms with Crippen molar-refractivity contribution >= 4 is 11.3 Å². The largest absolute Gasteiger partial charge is 0.496 e. The Balaban J connectivity index is 2.64. The van der Waals surface area contributed by atoms with Gasteiger partial charge in [0.15, 0.2) is 0 Å². The van der Waals surface area contributed by atoms with Crippen molar-refractivity contribution in [3.8, 4) is 22.8 Å². The third kappa shape index (κ3) is 2.73. The molecule has 102 valence electrons. The van der Waals surface area contributed by atoms with Crippen LogP contribution in [0.3, 0.4) is 0 Å². The molecule has 0 atom stereocenters. The molecule has 1 aromatic carbocycles. The highest BCUT2D eigenvalue weighted by atomic mass is 32.1. The van der Waals surface area contributed by atoms with E-state index in [0.29, 0.717) is 0 Å². The predicted octanol–water partition coefficient (Wildman–Crippen LogP) is 4.12. The van der Waals surface area contributed by atoms with Crippen LogP contribution in [0, 0.1) is 0 Å². The minimum atomic E-state index is -0.000766. The van der Waals surface area contributed by atoms with E-state index in [-0.39, 0.29) is 5.41 Å². The van der Waals surface area contributed by atoms with Crippen LogP contribution in [-0.4, -0.2) is 19.2 Å². The fourth-order valence-corrected chi connectivity index (χ4v) is 2.58. The zero-order chi connectivity index (χ0) is 14.0. The Morgan fingerprint density at radius 3 is 2.21 bits per heavy atom. The fourth-order valence-electron chi connectivity index (χ4n) is 2.03. The molecule has 1 aromatic heterocycles. The van der Waals surface area contributed by atoms with Crippen LogP contribution in [0.2, 0.25) is 0 Å². The van der Waals surface area contributed by atoms with Crippen molar-refractivity contribution in [1.29, 1.82) is 0 Å². The maximum absolute atomic E-state index is 5.53. The number of benzene rings is 1.